The van der Waals surface area contributed by atoms with Crippen LogP contribution in [-0.2, 0) is 6.42 Å². The standard InChI is InChI=1S/C29H34F2O/c1-3-5-7-12-20-32-24-17-19-25(27(21-24)22-13-10-8-11-14-22)26-18-16-23(15-9-6-4-2)28(30)29(26)31/h8,10-11,13-14,16-19,21H,3-7,9,12,15,20H2,1-2H3. The van der Waals surface area contributed by atoms with Gasteiger partial charge in [-0.15, -0.1) is 0 Å². The molecule has 170 valence electrons. The number of ether oxygens (including phenoxy) is 1. The van der Waals surface area contributed by atoms with Crippen molar-refractivity contribution in [2.24, 2.45) is 0 Å². The maximum atomic E-state index is 15.2. The second-order valence-electron chi connectivity index (χ2n) is 8.34. The van der Waals surface area contributed by atoms with Crippen LogP contribution in [0.5, 0.6) is 5.75 Å². The van der Waals surface area contributed by atoms with E-state index in [1.165, 1.54) is 12.8 Å². The van der Waals surface area contributed by atoms with Crippen molar-refractivity contribution in [2.45, 2.75) is 65.2 Å². The highest BCUT2D eigenvalue weighted by Crippen LogP contribution is 2.37. The fourth-order valence-electron chi connectivity index (χ4n) is 3.98. The van der Waals surface area contributed by atoms with Crippen LogP contribution in [-0.4, -0.2) is 6.61 Å². The van der Waals surface area contributed by atoms with Gasteiger partial charge in [-0.2, -0.15) is 0 Å². The first-order valence-corrected chi connectivity index (χ1v) is 11.9. The smallest absolute Gasteiger partial charge is 0.166 e. The number of benzene rings is 3. The van der Waals surface area contributed by atoms with Gasteiger partial charge in [0.15, 0.2) is 11.6 Å². The molecule has 0 fully saturated rings. The normalized spacial score (nSPS) is 11.0. The summed E-state index contributed by atoms with van der Waals surface area (Å²) in [4.78, 5) is 0. The molecule has 0 heterocycles. The van der Waals surface area contributed by atoms with E-state index in [0.717, 1.165) is 49.0 Å². The molecule has 0 aliphatic rings. The van der Waals surface area contributed by atoms with Gasteiger partial charge < -0.3 is 4.74 Å². The molecule has 0 aliphatic carbocycles. The minimum absolute atomic E-state index is 0.287. The summed E-state index contributed by atoms with van der Waals surface area (Å²) in [7, 11) is 0. The largest absolute Gasteiger partial charge is 0.494 e. The van der Waals surface area contributed by atoms with Crippen LogP contribution in [0.4, 0.5) is 8.78 Å². The lowest BCUT2D eigenvalue weighted by Crippen LogP contribution is -2.00. The lowest BCUT2D eigenvalue weighted by Gasteiger charge is -2.15. The molecular formula is C29H34F2O. The molecule has 0 atom stereocenters. The van der Waals surface area contributed by atoms with Crippen molar-refractivity contribution in [3.05, 3.63) is 77.9 Å². The van der Waals surface area contributed by atoms with E-state index in [-0.39, 0.29) is 5.56 Å². The monoisotopic (exact) mass is 436 g/mol. The van der Waals surface area contributed by atoms with E-state index in [1.807, 2.05) is 48.5 Å². The Bertz CT molecular complexity index is 982. The van der Waals surface area contributed by atoms with Crippen LogP contribution in [0.25, 0.3) is 22.3 Å². The Morgan fingerprint density at radius 2 is 1.38 bits per heavy atom. The van der Waals surface area contributed by atoms with Crippen LogP contribution in [0.1, 0.15) is 64.4 Å². The van der Waals surface area contributed by atoms with Crippen LogP contribution in [0.3, 0.4) is 0 Å². The van der Waals surface area contributed by atoms with Crippen molar-refractivity contribution in [3.63, 3.8) is 0 Å². The molecule has 0 saturated heterocycles. The second kappa shape index (κ2) is 12.4. The summed E-state index contributed by atoms with van der Waals surface area (Å²) in [5.41, 5.74) is 3.20. The van der Waals surface area contributed by atoms with E-state index in [2.05, 4.69) is 13.8 Å². The summed E-state index contributed by atoms with van der Waals surface area (Å²) in [6, 6.07) is 18.9. The van der Waals surface area contributed by atoms with Crippen LogP contribution < -0.4 is 4.74 Å². The number of halogens is 2. The summed E-state index contributed by atoms with van der Waals surface area (Å²) >= 11 is 0. The van der Waals surface area contributed by atoms with E-state index in [4.69, 9.17) is 4.74 Å². The Hall–Kier alpha value is -2.68. The molecule has 3 aromatic carbocycles. The summed E-state index contributed by atoms with van der Waals surface area (Å²) in [6.45, 7) is 4.94. The van der Waals surface area contributed by atoms with E-state index in [9.17, 15) is 4.39 Å². The molecule has 0 N–H and O–H groups in total. The first-order chi connectivity index (χ1) is 15.7. The molecule has 0 radical (unpaired) electrons. The minimum atomic E-state index is -0.774. The predicted octanol–water partition coefficient (Wildman–Crippen LogP) is 8.99. The molecule has 0 aromatic heterocycles. The number of hydrogen-bond acceptors (Lipinski definition) is 1. The first-order valence-electron chi connectivity index (χ1n) is 11.9. The average molecular weight is 437 g/mol. The van der Waals surface area contributed by atoms with Crippen molar-refractivity contribution in [3.8, 4) is 28.0 Å². The number of rotatable bonds is 12. The van der Waals surface area contributed by atoms with Gasteiger partial charge in [0.2, 0.25) is 0 Å². The van der Waals surface area contributed by atoms with Gasteiger partial charge in [-0.3, -0.25) is 0 Å². The van der Waals surface area contributed by atoms with Gasteiger partial charge in [0.05, 0.1) is 6.61 Å². The van der Waals surface area contributed by atoms with Crippen LogP contribution >= 0.6 is 0 Å². The molecule has 3 rings (SSSR count). The highest BCUT2D eigenvalue weighted by molar-refractivity contribution is 5.84. The van der Waals surface area contributed by atoms with Gasteiger partial charge >= 0.3 is 0 Å². The van der Waals surface area contributed by atoms with Crippen molar-refractivity contribution in [2.75, 3.05) is 6.61 Å². The Kier molecular flexibility index (Phi) is 9.27. The molecule has 32 heavy (non-hydrogen) atoms. The Morgan fingerprint density at radius 1 is 0.656 bits per heavy atom. The van der Waals surface area contributed by atoms with Gasteiger partial charge in [0.1, 0.15) is 5.75 Å². The maximum Gasteiger partial charge on any atom is 0.166 e. The Morgan fingerprint density at radius 3 is 2.12 bits per heavy atom. The van der Waals surface area contributed by atoms with E-state index in [1.54, 1.807) is 12.1 Å². The molecule has 0 bridgehead atoms. The summed E-state index contributed by atoms with van der Waals surface area (Å²) in [5, 5.41) is 0. The maximum absolute atomic E-state index is 15.2. The fraction of sp³-hybridized carbons (Fsp3) is 0.379. The topological polar surface area (TPSA) is 9.23 Å². The molecular weight excluding hydrogens is 402 g/mol. The SMILES string of the molecule is CCCCCCOc1ccc(-c2ccc(CCCCC)c(F)c2F)c(-c2ccccc2)c1. The van der Waals surface area contributed by atoms with Crippen LogP contribution in [0, 0.1) is 11.6 Å². The van der Waals surface area contributed by atoms with Gasteiger partial charge in [0, 0.05) is 5.56 Å². The third-order valence-corrected chi connectivity index (χ3v) is 5.84. The van der Waals surface area contributed by atoms with Gasteiger partial charge in [-0.1, -0.05) is 88.4 Å². The third kappa shape index (κ3) is 6.18. The summed E-state index contributed by atoms with van der Waals surface area (Å²) < 4.78 is 36.0. The number of aryl methyl sites for hydroxylation is 1. The van der Waals surface area contributed by atoms with Gasteiger partial charge in [-0.05, 0) is 59.7 Å². The first kappa shape index (κ1) is 24.0. The van der Waals surface area contributed by atoms with E-state index in [0.29, 0.717) is 24.2 Å². The Labute approximate surface area is 191 Å². The molecule has 3 aromatic rings. The second-order valence-corrected chi connectivity index (χ2v) is 8.34. The highest BCUT2D eigenvalue weighted by atomic mass is 19.2. The van der Waals surface area contributed by atoms with E-state index < -0.39 is 11.6 Å². The third-order valence-electron chi connectivity index (χ3n) is 5.84. The highest BCUT2D eigenvalue weighted by Gasteiger charge is 2.18. The predicted molar refractivity (Wildman–Crippen MR) is 130 cm³/mol. The average Bonchev–Trinajstić information content (AvgIpc) is 2.82. The number of hydrogen-bond donors (Lipinski definition) is 0. The van der Waals surface area contributed by atoms with Gasteiger partial charge in [0.25, 0.3) is 0 Å². The molecule has 0 aliphatic heterocycles. The molecule has 0 unspecified atom stereocenters. The van der Waals surface area contributed by atoms with Crippen molar-refractivity contribution >= 4 is 0 Å². The van der Waals surface area contributed by atoms with Crippen molar-refractivity contribution < 1.29 is 13.5 Å². The quantitative estimate of drug-likeness (QED) is 0.257. The summed E-state index contributed by atoms with van der Waals surface area (Å²) in [6.07, 6.45) is 8.05. The zero-order valence-corrected chi connectivity index (χ0v) is 19.3. The molecule has 1 nitrogen and oxygen atoms in total. The summed E-state index contributed by atoms with van der Waals surface area (Å²) in [5.74, 6) is -0.751. The van der Waals surface area contributed by atoms with Crippen molar-refractivity contribution in [1.82, 2.24) is 0 Å². The molecule has 3 heteroatoms. The lowest BCUT2D eigenvalue weighted by molar-refractivity contribution is 0.305. The van der Waals surface area contributed by atoms with Gasteiger partial charge in [-0.25, -0.2) is 8.78 Å². The number of unbranched alkanes of at least 4 members (excludes halogenated alkanes) is 5. The fourth-order valence-corrected chi connectivity index (χ4v) is 3.98. The Balaban J connectivity index is 1.92. The molecule has 0 amide bonds. The van der Waals surface area contributed by atoms with E-state index >= 15 is 4.39 Å². The zero-order chi connectivity index (χ0) is 22.8. The molecule has 0 spiro atoms. The van der Waals surface area contributed by atoms with Crippen molar-refractivity contribution in [1.29, 1.82) is 0 Å². The van der Waals surface area contributed by atoms with Crippen LogP contribution in [0.15, 0.2) is 60.7 Å². The minimum Gasteiger partial charge on any atom is -0.494 e. The molecule has 0 saturated carbocycles. The lowest BCUT2D eigenvalue weighted by atomic mass is 9.92. The van der Waals surface area contributed by atoms with Crippen LogP contribution in [0.2, 0.25) is 0 Å². The zero-order valence-electron chi connectivity index (χ0n) is 19.3.